The summed E-state index contributed by atoms with van der Waals surface area (Å²) in [5, 5.41) is 16.0. The first-order valence-electron chi connectivity index (χ1n) is 13.3. The maximum atomic E-state index is 14.3. The lowest BCUT2D eigenvalue weighted by Gasteiger charge is -2.39. The highest BCUT2D eigenvalue weighted by Gasteiger charge is 2.40. The molecule has 0 fully saturated rings. The highest BCUT2D eigenvalue weighted by molar-refractivity contribution is 5.99. The summed E-state index contributed by atoms with van der Waals surface area (Å²) in [5.41, 5.74) is 1.23. The van der Waals surface area contributed by atoms with Crippen molar-refractivity contribution >= 4 is 23.6 Å². The van der Waals surface area contributed by atoms with Crippen molar-refractivity contribution in [1.29, 1.82) is 0 Å². The SMILES string of the molecule is CCC(C)C(NC(=O)OC(C)(C)C)C(=O)N(C(C)CC)C(C(=O)Nc1ccccc1C)c1cccc(O)c1. The van der Waals surface area contributed by atoms with E-state index in [1.54, 1.807) is 39.0 Å². The summed E-state index contributed by atoms with van der Waals surface area (Å²) in [7, 11) is 0. The number of benzene rings is 2. The maximum Gasteiger partial charge on any atom is 0.408 e. The Balaban J connectivity index is 2.59. The highest BCUT2D eigenvalue weighted by Crippen LogP contribution is 2.31. The first-order valence-corrected chi connectivity index (χ1v) is 13.3. The van der Waals surface area contributed by atoms with Crippen molar-refractivity contribution in [3.05, 3.63) is 59.7 Å². The summed E-state index contributed by atoms with van der Waals surface area (Å²) in [6.45, 7) is 14.8. The lowest BCUT2D eigenvalue weighted by atomic mass is 9.94. The van der Waals surface area contributed by atoms with Gasteiger partial charge in [0.2, 0.25) is 5.91 Å². The minimum atomic E-state index is -1.06. The summed E-state index contributed by atoms with van der Waals surface area (Å²) >= 11 is 0. The molecular formula is C30H43N3O5. The number of para-hydroxylation sites is 1. The standard InChI is InChI=1S/C30H43N3O5/c1-9-19(3)25(32-29(37)38-30(6,7)8)28(36)33(21(5)10-2)26(22-15-13-16-23(34)18-22)27(35)31-24-17-12-11-14-20(24)4/h11-19,21,25-26,34H,9-10H2,1-8H3,(H,31,35)(H,32,37). The zero-order valence-corrected chi connectivity index (χ0v) is 23.9. The Bertz CT molecular complexity index is 1110. The molecule has 0 aliphatic heterocycles. The average Bonchev–Trinajstić information content (AvgIpc) is 2.84. The third kappa shape index (κ3) is 8.23. The number of carbonyl (C=O) groups is 3. The fraction of sp³-hybridized carbons (Fsp3) is 0.500. The molecule has 4 atom stereocenters. The van der Waals surface area contributed by atoms with Crippen LogP contribution < -0.4 is 10.6 Å². The quantitative estimate of drug-likeness (QED) is 0.355. The van der Waals surface area contributed by atoms with Gasteiger partial charge in [-0.25, -0.2) is 4.79 Å². The topological polar surface area (TPSA) is 108 Å². The van der Waals surface area contributed by atoms with Crippen LogP contribution in [0.3, 0.4) is 0 Å². The van der Waals surface area contributed by atoms with E-state index in [-0.39, 0.29) is 17.7 Å². The molecule has 3 N–H and O–H groups in total. The molecule has 8 nitrogen and oxygen atoms in total. The minimum Gasteiger partial charge on any atom is -0.508 e. The van der Waals surface area contributed by atoms with Crippen LogP contribution in [-0.4, -0.2) is 45.6 Å². The normalized spacial score (nSPS) is 14.5. The van der Waals surface area contributed by atoms with Crippen molar-refractivity contribution in [3.63, 3.8) is 0 Å². The first kappa shape index (κ1) is 30.7. The number of phenols is 1. The van der Waals surface area contributed by atoms with Crippen molar-refractivity contribution in [2.75, 3.05) is 5.32 Å². The number of nitrogens with one attached hydrogen (secondary N) is 2. The number of hydrogen-bond acceptors (Lipinski definition) is 5. The summed E-state index contributed by atoms with van der Waals surface area (Å²) < 4.78 is 5.45. The van der Waals surface area contributed by atoms with Crippen molar-refractivity contribution in [1.82, 2.24) is 10.2 Å². The molecule has 0 aliphatic rings. The van der Waals surface area contributed by atoms with Gasteiger partial charge in [-0.05, 0) is 76.3 Å². The van der Waals surface area contributed by atoms with Crippen LogP contribution in [0, 0.1) is 12.8 Å². The molecule has 0 bridgehead atoms. The molecule has 2 rings (SSSR count). The van der Waals surface area contributed by atoms with Gasteiger partial charge in [-0.15, -0.1) is 0 Å². The number of phenolic OH excluding ortho intramolecular Hbond substituents is 1. The molecule has 0 saturated heterocycles. The fourth-order valence-electron chi connectivity index (χ4n) is 4.12. The molecule has 0 heterocycles. The van der Waals surface area contributed by atoms with E-state index in [9.17, 15) is 19.5 Å². The van der Waals surface area contributed by atoms with Gasteiger partial charge < -0.3 is 25.4 Å². The van der Waals surface area contributed by atoms with Gasteiger partial charge in [0, 0.05) is 11.7 Å². The number of ether oxygens (including phenoxy) is 1. The third-order valence-electron chi connectivity index (χ3n) is 6.59. The molecule has 0 aliphatic carbocycles. The van der Waals surface area contributed by atoms with Gasteiger partial charge in [-0.3, -0.25) is 9.59 Å². The molecule has 3 amide bonds. The first-order chi connectivity index (χ1) is 17.8. The number of aromatic hydroxyl groups is 1. The number of aryl methyl sites for hydroxylation is 1. The summed E-state index contributed by atoms with van der Waals surface area (Å²) in [6, 6.07) is 11.4. The van der Waals surface area contributed by atoms with Gasteiger partial charge in [-0.2, -0.15) is 0 Å². The van der Waals surface area contributed by atoms with Crippen LogP contribution in [-0.2, 0) is 14.3 Å². The Morgan fingerprint density at radius 2 is 1.66 bits per heavy atom. The van der Waals surface area contributed by atoms with Crippen LogP contribution in [0.15, 0.2) is 48.5 Å². The lowest BCUT2D eigenvalue weighted by molar-refractivity contribution is -0.144. The van der Waals surface area contributed by atoms with Crippen molar-refractivity contribution < 1.29 is 24.2 Å². The molecule has 2 aromatic carbocycles. The van der Waals surface area contributed by atoms with Gasteiger partial charge in [0.05, 0.1) is 0 Å². The summed E-state index contributed by atoms with van der Waals surface area (Å²) in [4.78, 5) is 42.5. The lowest BCUT2D eigenvalue weighted by Crippen LogP contribution is -2.56. The van der Waals surface area contributed by atoms with Crippen molar-refractivity contribution in [3.8, 4) is 5.75 Å². The number of amides is 3. The molecule has 8 heteroatoms. The molecule has 0 aromatic heterocycles. The van der Waals surface area contributed by atoms with Crippen LogP contribution in [0.1, 0.15) is 78.5 Å². The smallest absolute Gasteiger partial charge is 0.408 e. The third-order valence-corrected chi connectivity index (χ3v) is 6.59. The van der Waals surface area contributed by atoms with Crippen LogP contribution in [0.5, 0.6) is 5.75 Å². The van der Waals surface area contributed by atoms with E-state index in [0.717, 1.165) is 5.56 Å². The van der Waals surface area contributed by atoms with E-state index in [0.29, 0.717) is 24.1 Å². The molecule has 208 valence electrons. The maximum absolute atomic E-state index is 14.3. The van der Waals surface area contributed by atoms with Gasteiger partial charge >= 0.3 is 6.09 Å². The number of alkyl carbamates (subject to hydrolysis) is 1. The zero-order chi connectivity index (χ0) is 28.6. The van der Waals surface area contributed by atoms with Gasteiger partial charge in [-0.1, -0.05) is 57.5 Å². The zero-order valence-electron chi connectivity index (χ0n) is 23.9. The second-order valence-electron chi connectivity index (χ2n) is 10.8. The Labute approximate surface area is 226 Å². The van der Waals surface area contributed by atoms with E-state index in [1.165, 1.54) is 17.0 Å². The molecule has 0 saturated carbocycles. The van der Waals surface area contributed by atoms with Crippen LogP contribution in [0.2, 0.25) is 0 Å². The fourth-order valence-corrected chi connectivity index (χ4v) is 4.12. The highest BCUT2D eigenvalue weighted by atomic mass is 16.6. The number of rotatable bonds is 10. The second kappa shape index (κ2) is 13.3. The monoisotopic (exact) mass is 525 g/mol. The molecular weight excluding hydrogens is 482 g/mol. The summed E-state index contributed by atoms with van der Waals surface area (Å²) in [5.74, 6) is -1.06. The molecule has 4 unspecified atom stereocenters. The summed E-state index contributed by atoms with van der Waals surface area (Å²) in [6.07, 6.45) is 0.490. The predicted octanol–water partition coefficient (Wildman–Crippen LogP) is 5.95. The van der Waals surface area contributed by atoms with E-state index in [2.05, 4.69) is 10.6 Å². The van der Waals surface area contributed by atoms with Crippen molar-refractivity contribution in [2.45, 2.75) is 92.0 Å². The Morgan fingerprint density at radius 3 is 2.21 bits per heavy atom. The van der Waals surface area contributed by atoms with Crippen LogP contribution in [0.25, 0.3) is 0 Å². The van der Waals surface area contributed by atoms with Gasteiger partial charge in [0.25, 0.3) is 5.91 Å². The number of hydrogen-bond donors (Lipinski definition) is 3. The van der Waals surface area contributed by atoms with Gasteiger partial charge in [0.1, 0.15) is 23.4 Å². The molecule has 0 spiro atoms. The van der Waals surface area contributed by atoms with E-state index in [1.807, 2.05) is 52.8 Å². The Kier molecular flexibility index (Phi) is 10.7. The molecule has 38 heavy (non-hydrogen) atoms. The minimum absolute atomic E-state index is 0.0156. The Morgan fingerprint density at radius 1 is 1.00 bits per heavy atom. The second-order valence-corrected chi connectivity index (χ2v) is 10.8. The predicted molar refractivity (Wildman–Crippen MR) is 150 cm³/mol. The number of carbonyl (C=O) groups excluding carboxylic acids is 3. The number of nitrogens with zero attached hydrogens (tertiary/aromatic N) is 1. The Hall–Kier alpha value is -3.55. The van der Waals surface area contributed by atoms with E-state index in [4.69, 9.17) is 4.74 Å². The van der Waals surface area contributed by atoms with Crippen LogP contribution >= 0.6 is 0 Å². The number of anilines is 1. The molecule has 0 radical (unpaired) electrons. The largest absolute Gasteiger partial charge is 0.508 e. The van der Waals surface area contributed by atoms with E-state index < -0.39 is 35.6 Å². The van der Waals surface area contributed by atoms with Crippen LogP contribution in [0.4, 0.5) is 10.5 Å². The molecule has 2 aromatic rings. The average molecular weight is 526 g/mol. The van der Waals surface area contributed by atoms with Gasteiger partial charge in [0.15, 0.2) is 0 Å². The van der Waals surface area contributed by atoms with E-state index >= 15 is 0 Å². The van der Waals surface area contributed by atoms with Crippen molar-refractivity contribution in [2.24, 2.45) is 5.92 Å².